The number of ether oxygens (including phenoxy) is 1. The van der Waals surface area contributed by atoms with Gasteiger partial charge < -0.3 is 4.74 Å². The van der Waals surface area contributed by atoms with Gasteiger partial charge in [-0.1, -0.05) is 11.0 Å². The molecule has 166 valence electrons. The molecule has 4 aromatic heterocycles. The highest BCUT2D eigenvalue weighted by Crippen LogP contribution is 2.29. The first-order valence-electron chi connectivity index (χ1n) is 10.00. The van der Waals surface area contributed by atoms with Gasteiger partial charge in [0.05, 0.1) is 22.4 Å². The van der Waals surface area contributed by atoms with Crippen LogP contribution in [0.1, 0.15) is 38.6 Å². The van der Waals surface area contributed by atoms with E-state index in [1.165, 1.54) is 12.4 Å². The van der Waals surface area contributed by atoms with Crippen molar-refractivity contribution in [1.82, 2.24) is 25.1 Å². The molecule has 4 heterocycles. The lowest BCUT2D eigenvalue weighted by molar-refractivity contribution is 0.102. The van der Waals surface area contributed by atoms with Crippen molar-refractivity contribution < 1.29 is 9.53 Å². The largest absolute Gasteiger partial charge is 0.462 e. The van der Waals surface area contributed by atoms with Gasteiger partial charge in [0.15, 0.2) is 0 Å². The first-order chi connectivity index (χ1) is 16.5. The molecular formula is C24H17N7O2S. The fourth-order valence-electron chi connectivity index (χ4n) is 3.06. The fourth-order valence-corrected chi connectivity index (χ4v) is 3.65. The summed E-state index contributed by atoms with van der Waals surface area (Å²) >= 11 is 1.08. The number of rotatable bonds is 6. The molecule has 0 spiro atoms. The SMILES string of the molecule is C#Cc1cnc(C)cc1-c1cc(C)ncc1C(=O)Nc1nnc(OCc2ccc(C#N)cn2)s1. The zero-order valence-electron chi connectivity index (χ0n) is 18.2. The number of hydrogen-bond donors (Lipinski definition) is 1. The number of carbonyl (C=O) groups excluding carboxylic acids is 1. The lowest BCUT2D eigenvalue weighted by Gasteiger charge is -2.12. The van der Waals surface area contributed by atoms with E-state index < -0.39 is 5.91 Å². The summed E-state index contributed by atoms with van der Waals surface area (Å²) in [5, 5.41) is 20.0. The van der Waals surface area contributed by atoms with Crippen LogP contribution < -0.4 is 10.1 Å². The third-order valence-electron chi connectivity index (χ3n) is 4.70. The Balaban J connectivity index is 1.52. The lowest BCUT2D eigenvalue weighted by atomic mass is 9.96. The molecule has 0 unspecified atom stereocenters. The lowest BCUT2D eigenvalue weighted by Crippen LogP contribution is -2.14. The molecule has 4 aromatic rings. The van der Waals surface area contributed by atoms with Crippen LogP contribution in [0.2, 0.25) is 0 Å². The summed E-state index contributed by atoms with van der Waals surface area (Å²) in [6.07, 6.45) is 10.2. The fraction of sp³-hybridized carbons (Fsp3) is 0.125. The zero-order valence-corrected chi connectivity index (χ0v) is 19.1. The van der Waals surface area contributed by atoms with E-state index in [-0.39, 0.29) is 16.9 Å². The van der Waals surface area contributed by atoms with Crippen LogP contribution in [-0.4, -0.2) is 31.1 Å². The predicted octanol–water partition coefficient (Wildman–Crippen LogP) is 3.69. The number of aromatic nitrogens is 5. The quantitative estimate of drug-likeness (QED) is 0.426. The van der Waals surface area contributed by atoms with E-state index >= 15 is 0 Å². The summed E-state index contributed by atoms with van der Waals surface area (Å²) < 4.78 is 5.59. The summed E-state index contributed by atoms with van der Waals surface area (Å²) in [6.45, 7) is 3.84. The third-order valence-corrected chi connectivity index (χ3v) is 5.45. The highest BCUT2D eigenvalue weighted by molar-refractivity contribution is 7.17. The van der Waals surface area contributed by atoms with Crippen LogP contribution in [0.3, 0.4) is 0 Å². The van der Waals surface area contributed by atoms with Gasteiger partial charge in [0.25, 0.3) is 11.1 Å². The normalized spacial score (nSPS) is 10.2. The van der Waals surface area contributed by atoms with Crippen LogP contribution in [0.4, 0.5) is 5.13 Å². The molecule has 0 atom stereocenters. The second-order valence-corrected chi connectivity index (χ2v) is 8.09. The van der Waals surface area contributed by atoms with Crippen molar-refractivity contribution in [3.05, 3.63) is 76.6 Å². The Bertz CT molecular complexity index is 1450. The molecule has 0 aliphatic rings. The molecule has 34 heavy (non-hydrogen) atoms. The highest BCUT2D eigenvalue weighted by Gasteiger charge is 2.18. The minimum Gasteiger partial charge on any atom is -0.462 e. The van der Waals surface area contributed by atoms with Gasteiger partial charge in [-0.05, 0) is 55.0 Å². The average molecular weight is 468 g/mol. The number of pyridine rings is 3. The maximum Gasteiger partial charge on any atom is 0.296 e. The average Bonchev–Trinajstić information content (AvgIpc) is 3.30. The van der Waals surface area contributed by atoms with Gasteiger partial charge in [0.1, 0.15) is 12.7 Å². The van der Waals surface area contributed by atoms with Crippen molar-refractivity contribution in [3.63, 3.8) is 0 Å². The van der Waals surface area contributed by atoms with E-state index in [2.05, 4.69) is 36.4 Å². The molecule has 0 fully saturated rings. The summed E-state index contributed by atoms with van der Waals surface area (Å²) in [5.41, 5.74) is 4.90. The highest BCUT2D eigenvalue weighted by atomic mass is 32.1. The van der Waals surface area contributed by atoms with Gasteiger partial charge in [-0.25, -0.2) is 0 Å². The first-order valence-corrected chi connectivity index (χ1v) is 10.8. The van der Waals surface area contributed by atoms with Crippen LogP contribution in [0.15, 0.2) is 42.9 Å². The standard InChI is InChI=1S/C24H17N7O2S/c1-4-17-11-26-14(2)7-19(17)20-8-15(3)27-12-21(20)22(32)29-23-30-31-24(34-23)33-13-18-6-5-16(9-25)10-28-18/h1,5-8,10-12H,13H2,2-3H3,(H,29,30,32). The second kappa shape index (κ2) is 9.86. The van der Waals surface area contributed by atoms with E-state index in [0.717, 1.165) is 28.3 Å². The Labute approximate surface area is 199 Å². The van der Waals surface area contributed by atoms with Gasteiger partial charge >= 0.3 is 0 Å². The number of anilines is 1. The van der Waals surface area contributed by atoms with Crippen LogP contribution >= 0.6 is 11.3 Å². The number of aryl methyl sites for hydroxylation is 2. The molecule has 1 N–H and O–H groups in total. The molecule has 10 heteroatoms. The van der Waals surface area contributed by atoms with Crippen molar-refractivity contribution in [2.75, 3.05) is 5.32 Å². The number of nitrogens with zero attached hydrogens (tertiary/aromatic N) is 6. The van der Waals surface area contributed by atoms with Gasteiger partial charge in [0, 0.05) is 35.5 Å². The van der Waals surface area contributed by atoms with Crippen LogP contribution in [0.25, 0.3) is 11.1 Å². The van der Waals surface area contributed by atoms with E-state index in [1.807, 2.05) is 32.0 Å². The Morgan fingerprint density at radius 1 is 1.09 bits per heavy atom. The van der Waals surface area contributed by atoms with Crippen molar-refractivity contribution in [1.29, 1.82) is 5.26 Å². The molecule has 0 aliphatic heterocycles. The van der Waals surface area contributed by atoms with Crippen molar-refractivity contribution in [3.8, 4) is 34.7 Å². The number of nitrogens with one attached hydrogen (secondary N) is 1. The number of hydrogen-bond acceptors (Lipinski definition) is 9. The van der Waals surface area contributed by atoms with Crippen LogP contribution in [0, 0.1) is 37.5 Å². The Hall–Kier alpha value is -4.67. The minimum atomic E-state index is -0.406. The maximum atomic E-state index is 13.1. The molecule has 9 nitrogen and oxygen atoms in total. The topological polar surface area (TPSA) is 127 Å². The van der Waals surface area contributed by atoms with Gasteiger partial charge in [-0.3, -0.25) is 25.1 Å². The van der Waals surface area contributed by atoms with Gasteiger partial charge in [-0.2, -0.15) is 5.26 Å². The molecule has 0 aromatic carbocycles. The molecule has 4 rings (SSSR count). The number of nitriles is 1. The predicted molar refractivity (Wildman–Crippen MR) is 126 cm³/mol. The third kappa shape index (κ3) is 5.04. The Kier molecular flexibility index (Phi) is 6.53. The molecule has 0 bridgehead atoms. The maximum absolute atomic E-state index is 13.1. The van der Waals surface area contributed by atoms with E-state index in [4.69, 9.17) is 16.4 Å². The number of carbonyl (C=O) groups is 1. The summed E-state index contributed by atoms with van der Waals surface area (Å²) in [4.78, 5) is 25.8. The smallest absolute Gasteiger partial charge is 0.296 e. The number of amides is 1. The van der Waals surface area contributed by atoms with Crippen LogP contribution in [-0.2, 0) is 6.61 Å². The molecule has 0 saturated carbocycles. The van der Waals surface area contributed by atoms with Crippen molar-refractivity contribution in [2.24, 2.45) is 0 Å². The molecule has 1 amide bonds. The van der Waals surface area contributed by atoms with Crippen LogP contribution in [0.5, 0.6) is 5.19 Å². The van der Waals surface area contributed by atoms with Gasteiger partial charge in [0.2, 0.25) is 5.13 Å². The van der Waals surface area contributed by atoms with E-state index in [1.54, 1.807) is 18.3 Å². The van der Waals surface area contributed by atoms with E-state index in [0.29, 0.717) is 27.9 Å². The summed E-state index contributed by atoms with van der Waals surface area (Å²) in [5.74, 6) is 2.22. The molecule has 0 radical (unpaired) electrons. The Morgan fingerprint density at radius 2 is 1.85 bits per heavy atom. The van der Waals surface area contributed by atoms with Crippen molar-refractivity contribution >= 4 is 22.4 Å². The minimum absolute atomic E-state index is 0.149. The molecular weight excluding hydrogens is 450 g/mol. The van der Waals surface area contributed by atoms with E-state index in [9.17, 15) is 4.79 Å². The van der Waals surface area contributed by atoms with Crippen molar-refractivity contribution in [2.45, 2.75) is 20.5 Å². The molecule has 0 aliphatic carbocycles. The summed E-state index contributed by atoms with van der Waals surface area (Å²) in [6, 6.07) is 9.01. The monoisotopic (exact) mass is 467 g/mol. The molecule has 0 saturated heterocycles. The Morgan fingerprint density at radius 3 is 2.56 bits per heavy atom. The number of terminal acetylenes is 1. The zero-order chi connectivity index (χ0) is 24.1. The first kappa shape index (κ1) is 22.5. The summed E-state index contributed by atoms with van der Waals surface area (Å²) in [7, 11) is 0. The second-order valence-electron chi connectivity index (χ2n) is 7.15. The van der Waals surface area contributed by atoms with Gasteiger partial charge in [-0.15, -0.1) is 11.5 Å².